The fourth-order valence-electron chi connectivity index (χ4n) is 4.24. The van der Waals surface area contributed by atoms with Gasteiger partial charge in [0.2, 0.25) is 0 Å². The highest BCUT2D eigenvalue weighted by atomic mass is 19.3. The Hall–Kier alpha value is -3.00. The van der Waals surface area contributed by atoms with Crippen LogP contribution in [0.3, 0.4) is 0 Å². The summed E-state index contributed by atoms with van der Waals surface area (Å²) >= 11 is 0. The molecule has 0 unspecified atom stereocenters. The zero-order chi connectivity index (χ0) is 24.2. The quantitative estimate of drug-likeness (QED) is 0.396. The van der Waals surface area contributed by atoms with Gasteiger partial charge in [-0.2, -0.15) is 10.2 Å². The van der Waals surface area contributed by atoms with Gasteiger partial charge in [0.15, 0.2) is 0 Å². The van der Waals surface area contributed by atoms with Crippen LogP contribution in [0.2, 0.25) is 0 Å². The van der Waals surface area contributed by atoms with Crippen molar-refractivity contribution in [2.24, 2.45) is 16.1 Å². The van der Waals surface area contributed by atoms with Crippen LogP contribution in [0, 0.1) is 17.6 Å². The van der Waals surface area contributed by atoms with E-state index >= 15 is 4.39 Å². The molecule has 8 heteroatoms. The maximum atomic E-state index is 15.1. The molecule has 0 aliphatic carbocycles. The lowest BCUT2D eigenvalue weighted by Gasteiger charge is -2.43. The van der Waals surface area contributed by atoms with Gasteiger partial charge in [-0.05, 0) is 37.2 Å². The topological polar surface area (TPSA) is 31.2 Å². The lowest BCUT2D eigenvalue weighted by atomic mass is 9.94. The Morgan fingerprint density at radius 1 is 1.15 bits per heavy atom. The van der Waals surface area contributed by atoms with Crippen molar-refractivity contribution >= 4 is 17.1 Å². The standard InChI is InChI=1S/C26H28F4N4/c1-3-4-10-33-14-20(15-33)17(2)34(22-7-5-6-21(27)12-22)16-19-9-8-18(11-23(19)28)24-13-25(26(29)30)32-31-24/h5-9,11-12,20,26H,2-4,10,13-16H2,1H3. The molecule has 1 fully saturated rings. The first-order chi connectivity index (χ1) is 16.4. The van der Waals surface area contributed by atoms with Crippen molar-refractivity contribution in [3.05, 3.63) is 77.5 Å². The molecule has 0 amide bonds. The molecule has 0 aromatic heterocycles. The van der Waals surface area contributed by atoms with Gasteiger partial charge in [0.05, 0.1) is 12.3 Å². The van der Waals surface area contributed by atoms with Gasteiger partial charge >= 0.3 is 0 Å². The van der Waals surface area contributed by atoms with E-state index in [2.05, 4.69) is 28.6 Å². The number of hydrogen-bond acceptors (Lipinski definition) is 4. The molecule has 0 atom stereocenters. The Balaban J connectivity index is 1.51. The Morgan fingerprint density at radius 3 is 2.59 bits per heavy atom. The molecule has 180 valence electrons. The number of anilines is 1. The highest BCUT2D eigenvalue weighted by molar-refractivity contribution is 6.15. The molecule has 2 aliphatic rings. The third-order valence-electron chi connectivity index (χ3n) is 6.34. The van der Waals surface area contributed by atoms with Crippen LogP contribution < -0.4 is 4.90 Å². The molecular weight excluding hydrogens is 444 g/mol. The van der Waals surface area contributed by atoms with Gasteiger partial charge in [-0.25, -0.2) is 17.6 Å². The van der Waals surface area contributed by atoms with Gasteiger partial charge in [0.25, 0.3) is 6.43 Å². The SMILES string of the molecule is C=C(C1CN(CCCC)C1)N(Cc1ccc(C2=NN=C(C(F)F)C2)cc1F)c1cccc(F)c1. The molecule has 0 radical (unpaired) electrons. The normalized spacial score (nSPS) is 16.4. The van der Waals surface area contributed by atoms with Crippen LogP contribution in [0.4, 0.5) is 23.2 Å². The number of benzene rings is 2. The van der Waals surface area contributed by atoms with Gasteiger partial charge in [-0.15, -0.1) is 0 Å². The van der Waals surface area contributed by atoms with E-state index in [-0.39, 0.29) is 30.4 Å². The second kappa shape index (κ2) is 10.5. The lowest BCUT2D eigenvalue weighted by molar-refractivity contribution is 0.120. The van der Waals surface area contributed by atoms with E-state index < -0.39 is 12.2 Å². The summed E-state index contributed by atoms with van der Waals surface area (Å²) in [7, 11) is 0. The van der Waals surface area contributed by atoms with Crippen molar-refractivity contribution in [2.75, 3.05) is 24.5 Å². The summed E-state index contributed by atoms with van der Waals surface area (Å²) in [6.45, 7) is 9.39. The molecular formula is C26H28F4N4. The summed E-state index contributed by atoms with van der Waals surface area (Å²) in [4.78, 5) is 4.21. The highest BCUT2D eigenvalue weighted by Crippen LogP contribution is 2.32. The van der Waals surface area contributed by atoms with Gasteiger partial charge in [0.1, 0.15) is 17.3 Å². The van der Waals surface area contributed by atoms with E-state index in [1.54, 1.807) is 24.3 Å². The summed E-state index contributed by atoms with van der Waals surface area (Å²) in [5, 5.41) is 7.28. The molecule has 4 rings (SSSR count). The van der Waals surface area contributed by atoms with Crippen LogP contribution in [0.15, 0.2) is 64.9 Å². The molecule has 1 saturated heterocycles. The smallest absolute Gasteiger partial charge is 0.278 e. The Bertz CT molecular complexity index is 1110. The highest BCUT2D eigenvalue weighted by Gasteiger charge is 2.31. The number of halogens is 4. The fourth-order valence-corrected chi connectivity index (χ4v) is 4.24. The second-order valence-electron chi connectivity index (χ2n) is 8.79. The molecule has 4 nitrogen and oxygen atoms in total. The van der Waals surface area contributed by atoms with Crippen LogP contribution in [0.5, 0.6) is 0 Å². The summed E-state index contributed by atoms with van der Waals surface area (Å²) < 4.78 is 54.8. The van der Waals surface area contributed by atoms with Crippen molar-refractivity contribution in [1.29, 1.82) is 0 Å². The van der Waals surface area contributed by atoms with Crippen LogP contribution in [0.25, 0.3) is 0 Å². The third-order valence-corrected chi connectivity index (χ3v) is 6.34. The molecule has 0 spiro atoms. The predicted octanol–water partition coefficient (Wildman–Crippen LogP) is 6.03. The zero-order valence-corrected chi connectivity index (χ0v) is 19.2. The van der Waals surface area contributed by atoms with E-state index in [4.69, 9.17) is 0 Å². The van der Waals surface area contributed by atoms with Crippen LogP contribution in [-0.2, 0) is 6.54 Å². The minimum atomic E-state index is -2.68. The fraction of sp³-hybridized carbons (Fsp3) is 0.385. The summed E-state index contributed by atoms with van der Waals surface area (Å²) in [5.41, 5.74) is 2.23. The minimum Gasteiger partial charge on any atom is -0.341 e. The number of rotatable bonds is 10. The van der Waals surface area contributed by atoms with E-state index in [1.165, 1.54) is 18.2 Å². The monoisotopic (exact) mass is 472 g/mol. The number of likely N-dealkylation sites (tertiary alicyclic amines) is 1. The van der Waals surface area contributed by atoms with Crippen LogP contribution in [0.1, 0.15) is 37.3 Å². The van der Waals surface area contributed by atoms with E-state index in [9.17, 15) is 13.2 Å². The largest absolute Gasteiger partial charge is 0.341 e. The molecule has 2 aromatic carbocycles. The van der Waals surface area contributed by atoms with Gasteiger partial charge in [-0.1, -0.05) is 38.1 Å². The van der Waals surface area contributed by atoms with Gasteiger partial charge in [0, 0.05) is 47.9 Å². The van der Waals surface area contributed by atoms with Crippen molar-refractivity contribution in [3.8, 4) is 0 Å². The predicted molar refractivity (Wildman–Crippen MR) is 128 cm³/mol. The van der Waals surface area contributed by atoms with Crippen molar-refractivity contribution in [1.82, 2.24) is 4.90 Å². The van der Waals surface area contributed by atoms with E-state index in [0.717, 1.165) is 38.2 Å². The summed E-state index contributed by atoms with van der Waals surface area (Å²) in [6, 6.07) is 10.8. The molecule has 0 bridgehead atoms. The first kappa shape index (κ1) is 24.1. The molecule has 0 N–H and O–H groups in total. The van der Waals surface area contributed by atoms with Crippen LogP contribution in [-0.4, -0.2) is 42.4 Å². The number of alkyl halides is 2. The van der Waals surface area contributed by atoms with Crippen molar-refractivity contribution in [3.63, 3.8) is 0 Å². The average molecular weight is 473 g/mol. The Kier molecular flexibility index (Phi) is 7.46. The zero-order valence-electron chi connectivity index (χ0n) is 19.2. The molecule has 2 heterocycles. The molecule has 0 saturated carbocycles. The molecule has 34 heavy (non-hydrogen) atoms. The Labute approximate surface area is 197 Å². The second-order valence-corrected chi connectivity index (χ2v) is 8.79. The molecule has 2 aliphatic heterocycles. The van der Waals surface area contributed by atoms with E-state index in [1.807, 2.05) is 4.90 Å². The number of nitrogens with zero attached hydrogens (tertiary/aromatic N) is 4. The average Bonchev–Trinajstić information content (AvgIpc) is 3.28. The maximum absolute atomic E-state index is 15.1. The summed E-state index contributed by atoms with van der Waals surface area (Å²) in [6.07, 6.45) is -0.506. The van der Waals surface area contributed by atoms with Crippen molar-refractivity contribution < 1.29 is 17.6 Å². The van der Waals surface area contributed by atoms with Gasteiger partial charge < -0.3 is 9.80 Å². The third kappa shape index (κ3) is 5.38. The Morgan fingerprint density at radius 2 is 1.94 bits per heavy atom. The molecule has 2 aromatic rings. The van der Waals surface area contributed by atoms with Gasteiger partial charge in [-0.3, -0.25) is 0 Å². The van der Waals surface area contributed by atoms with Crippen LogP contribution >= 0.6 is 0 Å². The number of hydrogen-bond donors (Lipinski definition) is 0. The summed E-state index contributed by atoms with van der Waals surface area (Å²) in [5.74, 6) is -0.656. The lowest BCUT2D eigenvalue weighted by Crippen LogP contribution is -2.50. The first-order valence-electron chi connectivity index (χ1n) is 11.5. The number of unbranched alkanes of at least 4 members (excludes halogenated alkanes) is 1. The maximum Gasteiger partial charge on any atom is 0.278 e. The minimum absolute atomic E-state index is 0.0983. The van der Waals surface area contributed by atoms with E-state index in [0.29, 0.717) is 22.5 Å². The first-order valence-corrected chi connectivity index (χ1v) is 11.5. The van der Waals surface area contributed by atoms with Crippen molar-refractivity contribution in [2.45, 2.75) is 39.2 Å².